The fraction of sp³-hybridized carbons (Fsp3) is 1.00. The lowest BCUT2D eigenvalue weighted by molar-refractivity contribution is -0.131. The van der Waals surface area contributed by atoms with Gasteiger partial charge in [-0.3, -0.25) is 0 Å². The first-order valence-electron chi connectivity index (χ1n) is 7.10. The van der Waals surface area contributed by atoms with Gasteiger partial charge in [-0.15, -0.1) is 0 Å². The molecule has 0 heterocycles. The molecule has 0 unspecified atom stereocenters. The molecule has 0 bridgehead atoms. The minimum absolute atomic E-state index is 0.240. The van der Waals surface area contributed by atoms with E-state index in [-0.39, 0.29) is 6.04 Å². The predicted octanol–water partition coefficient (Wildman–Crippen LogP) is 5.52. The van der Waals surface area contributed by atoms with Gasteiger partial charge in [0.25, 0.3) is 0 Å². The Bertz CT molecular complexity index is 199. The summed E-state index contributed by atoms with van der Waals surface area (Å²) in [4.78, 5) is 0. The quantitative estimate of drug-likeness (QED) is 0.480. The first kappa shape index (κ1) is 18.0. The Labute approximate surface area is 110 Å². The molecule has 110 valence electrons. The maximum Gasteiger partial charge on any atom is 0.388 e. The summed E-state index contributed by atoms with van der Waals surface area (Å²) in [5, 5.41) is 0. The van der Waals surface area contributed by atoms with Crippen molar-refractivity contribution in [3.63, 3.8) is 0 Å². The number of halogens is 3. The lowest BCUT2D eigenvalue weighted by Gasteiger charge is -2.31. The Morgan fingerprint density at radius 1 is 0.889 bits per heavy atom. The molecule has 1 nitrogen and oxygen atoms in total. The van der Waals surface area contributed by atoms with Gasteiger partial charge in [0.2, 0.25) is 0 Å². The number of hydrogen-bond acceptors (Lipinski definition) is 1. The van der Waals surface area contributed by atoms with Gasteiger partial charge in [-0.05, 0) is 25.1 Å². The van der Waals surface area contributed by atoms with E-state index in [2.05, 4.69) is 13.8 Å². The molecule has 0 aliphatic heterocycles. The summed E-state index contributed by atoms with van der Waals surface area (Å²) >= 11 is 0. The molecule has 0 rings (SSSR count). The highest BCUT2D eigenvalue weighted by Gasteiger charge is 2.38. The highest BCUT2D eigenvalue weighted by molar-refractivity contribution is 6.73. The third-order valence-corrected chi connectivity index (χ3v) is 7.88. The molecule has 0 aromatic rings. The molecule has 0 atom stereocenters. The van der Waals surface area contributed by atoms with Crippen LogP contribution >= 0.6 is 0 Å². The van der Waals surface area contributed by atoms with E-state index >= 15 is 0 Å². The fourth-order valence-electron chi connectivity index (χ4n) is 2.27. The molecular weight excluding hydrogens is 257 g/mol. The molecule has 18 heavy (non-hydrogen) atoms. The van der Waals surface area contributed by atoms with Gasteiger partial charge < -0.3 is 4.43 Å². The molecule has 5 heteroatoms. The van der Waals surface area contributed by atoms with Gasteiger partial charge in [-0.2, -0.15) is 13.2 Å². The minimum atomic E-state index is -4.05. The zero-order valence-electron chi connectivity index (χ0n) is 11.9. The molecule has 0 fully saturated rings. The van der Waals surface area contributed by atoms with E-state index in [1.165, 1.54) is 0 Å². The van der Waals surface area contributed by atoms with Crippen LogP contribution in [0.15, 0.2) is 0 Å². The van der Waals surface area contributed by atoms with Crippen molar-refractivity contribution < 1.29 is 17.6 Å². The Morgan fingerprint density at radius 3 is 1.72 bits per heavy atom. The van der Waals surface area contributed by atoms with Gasteiger partial charge in [0.15, 0.2) is 8.32 Å². The largest absolute Gasteiger partial charge is 0.417 e. The van der Waals surface area contributed by atoms with Gasteiger partial charge >= 0.3 is 6.18 Å². The van der Waals surface area contributed by atoms with Crippen molar-refractivity contribution in [3.05, 3.63) is 0 Å². The van der Waals surface area contributed by atoms with Crippen LogP contribution in [-0.4, -0.2) is 21.1 Å². The Balaban J connectivity index is 4.58. The zero-order chi connectivity index (χ0) is 14.1. The van der Waals surface area contributed by atoms with E-state index in [1.807, 2.05) is 6.92 Å². The maximum absolute atomic E-state index is 12.4. The summed E-state index contributed by atoms with van der Waals surface area (Å²) in [7, 11) is -2.17. The summed E-state index contributed by atoms with van der Waals surface area (Å²) in [5.74, 6) is 0. The monoisotopic (exact) mass is 284 g/mol. The van der Waals surface area contributed by atoms with Crippen molar-refractivity contribution in [2.24, 2.45) is 0 Å². The predicted molar refractivity (Wildman–Crippen MR) is 72.3 cm³/mol. The van der Waals surface area contributed by atoms with Crippen LogP contribution in [0.25, 0.3) is 0 Å². The second-order valence-electron chi connectivity index (χ2n) is 4.94. The van der Waals surface area contributed by atoms with Crippen LogP contribution < -0.4 is 0 Å². The van der Waals surface area contributed by atoms with Gasteiger partial charge in [0, 0.05) is 13.0 Å². The van der Waals surface area contributed by atoms with Crippen LogP contribution in [0.1, 0.15) is 52.9 Å². The Kier molecular flexibility index (Phi) is 8.95. The molecular formula is C13H27F3OSi. The van der Waals surface area contributed by atoms with Gasteiger partial charge in [0.05, 0.1) is 0 Å². The summed E-state index contributed by atoms with van der Waals surface area (Å²) in [6.07, 6.45) is -0.679. The second-order valence-corrected chi connectivity index (χ2v) is 9.09. The lowest BCUT2D eigenvalue weighted by atomic mass is 10.4. The normalized spacial score (nSPS) is 13.0. The molecule has 0 aromatic heterocycles. The van der Waals surface area contributed by atoms with Crippen molar-refractivity contribution in [2.45, 2.75) is 77.2 Å². The standard InChI is InChI=1S/C13H27F3OSi/c1-4-7-10-18(17-6-3,11-8-5-2)12-9-13(14,15)16/h4-12H2,1-3H3. The summed E-state index contributed by atoms with van der Waals surface area (Å²) in [5.41, 5.74) is 0. The summed E-state index contributed by atoms with van der Waals surface area (Å²) < 4.78 is 43.2. The first-order valence-corrected chi connectivity index (χ1v) is 9.62. The van der Waals surface area contributed by atoms with E-state index in [4.69, 9.17) is 4.43 Å². The fourth-order valence-corrected chi connectivity index (χ4v) is 6.80. The zero-order valence-corrected chi connectivity index (χ0v) is 12.9. The number of rotatable bonds is 10. The minimum Gasteiger partial charge on any atom is -0.417 e. The molecule has 0 spiro atoms. The highest BCUT2D eigenvalue weighted by atomic mass is 28.4. The highest BCUT2D eigenvalue weighted by Crippen LogP contribution is 2.33. The molecule has 0 aliphatic carbocycles. The van der Waals surface area contributed by atoms with Gasteiger partial charge in [0.1, 0.15) is 0 Å². The SMILES string of the molecule is CCCC[Si](CCCC)(CCC(F)(F)F)OCC. The van der Waals surface area contributed by atoms with Crippen LogP contribution in [0.4, 0.5) is 13.2 Å². The number of unbranched alkanes of at least 4 members (excludes halogenated alkanes) is 2. The molecule has 0 radical (unpaired) electrons. The van der Waals surface area contributed by atoms with Crippen LogP contribution in [0.2, 0.25) is 18.1 Å². The van der Waals surface area contributed by atoms with E-state index in [1.54, 1.807) is 0 Å². The molecule has 0 aromatic carbocycles. The van der Waals surface area contributed by atoms with Crippen molar-refractivity contribution >= 4 is 8.32 Å². The molecule has 0 amide bonds. The van der Waals surface area contributed by atoms with Crippen LogP contribution in [0.3, 0.4) is 0 Å². The molecule has 0 saturated heterocycles. The average Bonchev–Trinajstić information content (AvgIpc) is 2.30. The average molecular weight is 284 g/mol. The maximum atomic E-state index is 12.4. The van der Waals surface area contributed by atoms with Crippen LogP contribution in [0.5, 0.6) is 0 Å². The van der Waals surface area contributed by atoms with Gasteiger partial charge in [-0.1, -0.05) is 39.5 Å². The van der Waals surface area contributed by atoms with Gasteiger partial charge in [-0.25, -0.2) is 0 Å². The van der Waals surface area contributed by atoms with E-state index < -0.39 is 20.9 Å². The third-order valence-electron chi connectivity index (χ3n) is 3.29. The van der Waals surface area contributed by atoms with E-state index in [9.17, 15) is 13.2 Å². The summed E-state index contributed by atoms with van der Waals surface area (Å²) in [6, 6.07) is 2.01. The Hall–Kier alpha value is -0.0331. The topological polar surface area (TPSA) is 9.23 Å². The summed E-state index contributed by atoms with van der Waals surface area (Å²) in [6.45, 7) is 6.61. The van der Waals surface area contributed by atoms with Crippen molar-refractivity contribution in [1.29, 1.82) is 0 Å². The van der Waals surface area contributed by atoms with Crippen LogP contribution in [0, 0.1) is 0 Å². The van der Waals surface area contributed by atoms with Crippen molar-refractivity contribution in [2.75, 3.05) is 6.61 Å². The van der Waals surface area contributed by atoms with Crippen molar-refractivity contribution in [3.8, 4) is 0 Å². The molecule has 0 aliphatic rings. The van der Waals surface area contributed by atoms with Crippen molar-refractivity contribution in [1.82, 2.24) is 0 Å². The molecule has 0 saturated carbocycles. The number of alkyl halides is 3. The Morgan fingerprint density at radius 2 is 1.39 bits per heavy atom. The second kappa shape index (κ2) is 8.96. The molecule has 0 N–H and O–H groups in total. The third kappa shape index (κ3) is 8.14. The number of hydrogen-bond donors (Lipinski definition) is 0. The smallest absolute Gasteiger partial charge is 0.388 e. The first-order chi connectivity index (χ1) is 8.39. The van der Waals surface area contributed by atoms with E-state index in [0.717, 1.165) is 37.8 Å². The lowest BCUT2D eigenvalue weighted by Crippen LogP contribution is -2.39. The van der Waals surface area contributed by atoms with Crippen LogP contribution in [-0.2, 0) is 4.43 Å². The van der Waals surface area contributed by atoms with E-state index in [0.29, 0.717) is 6.61 Å².